The first-order chi connectivity index (χ1) is 11.0. The van der Waals surface area contributed by atoms with Crippen LogP contribution in [0.15, 0.2) is 12.1 Å². The van der Waals surface area contributed by atoms with Crippen LogP contribution in [0.5, 0.6) is 5.75 Å². The van der Waals surface area contributed by atoms with Gasteiger partial charge in [0.1, 0.15) is 11.6 Å². The molecule has 1 aliphatic carbocycles. The van der Waals surface area contributed by atoms with E-state index in [0.717, 1.165) is 38.8 Å². The fourth-order valence-electron chi connectivity index (χ4n) is 3.38. The van der Waals surface area contributed by atoms with Crippen molar-refractivity contribution in [1.29, 1.82) is 0 Å². The molecule has 0 bridgehead atoms. The van der Waals surface area contributed by atoms with Gasteiger partial charge in [-0.3, -0.25) is 9.69 Å². The Balaban J connectivity index is 1.58. The average molecular weight is 341 g/mol. The Labute approximate surface area is 140 Å². The predicted molar refractivity (Wildman–Crippen MR) is 86.9 cm³/mol. The van der Waals surface area contributed by atoms with Gasteiger partial charge in [0, 0.05) is 24.6 Å². The summed E-state index contributed by atoms with van der Waals surface area (Å²) in [6, 6.07) is 3.11. The standard InChI is InChI=1S/C17H22ClFN2O2/c18-15-8-13(23-12-5-11(6-12)7-17(20)22)9-16(19)14(15)10-21-3-1-2-4-21/h8-9,11-12H,1-7,10H2,(H2,20,22). The maximum atomic E-state index is 14.3. The zero-order valence-corrected chi connectivity index (χ0v) is 13.8. The SMILES string of the molecule is NC(=O)CC1CC(Oc2cc(F)c(CN3CCCC3)c(Cl)c2)C1. The Morgan fingerprint density at radius 1 is 1.35 bits per heavy atom. The molecule has 2 aliphatic rings. The zero-order chi connectivity index (χ0) is 16.4. The van der Waals surface area contributed by atoms with Crippen molar-refractivity contribution in [2.45, 2.75) is 44.8 Å². The van der Waals surface area contributed by atoms with Gasteiger partial charge in [-0.1, -0.05) is 11.6 Å². The predicted octanol–water partition coefficient (Wildman–Crippen LogP) is 3.11. The first-order valence-corrected chi connectivity index (χ1v) is 8.54. The fourth-order valence-corrected chi connectivity index (χ4v) is 3.64. The Hall–Kier alpha value is -1.33. The van der Waals surface area contributed by atoms with E-state index >= 15 is 0 Å². The highest BCUT2D eigenvalue weighted by Crippen LogP contribution is 2.35. The Morgan fingerprint density at radius 3 is 2.65 bits per heavy atom. The molecule has 1 amide bonds. The first kappa shape index (κ1) is 16.5. The third kappa shape index (κ3) is 4.15. The molecule has 0 radical (unpaired) electrons. The second-order valence-corrected chi connectivity index (χ2v) is 7.00. The molecular weight excluding hydrogens is 319 g/mol. The molecule has 1 heterocycles. The average Bonchev–Trinajstić information content (AvgIpc) is 2.93. The van der Waals surface area contributed by atoms with E-state index in [4.69, 9.17) is 22.1 Å². The molecule has 0 aromatic heterocycles. The van der Waals surface area contributed by atoms with Crippen molar-refractivity contribution in [2.24, 2.45) is 11.7 Å². The second-order valence-electron chi connectivity index (χ2n) is 6.60. The van der Waals surface area contributed by atoms with Crippen LogP contribution in [0.2, 0.25) is 5.02 Å². The smallest absolute Gasteiger partial charge is 0.217 e. The number of carbonyl (C=O) groups excluding carboxylic acids is 1. The molecule has 1 aromatic carbocycles. The number of carbonyl (C=O) groups is 1. The summed E-state index contributed by atoms with van der Waals surface area (Å²) in [5.74, 6) is 0.147. The number of nitrogens with two attached hydrogens (primary N) is 1. The van der Waals surface area contributed by atoms with Gasteiger partial charge in [-0.2, -0.15) is 0 Å². The number of benzene rings is 1. The van der Waals surface area contributed by atoms with E-state index in [1.54, 1.807) is 6.07 Å². The second kappa shape index (κ2) is 7.05. The third-order valence-corrected chi connectivity index (χ3v) is 5.02. The third-order valence-electron chi connectivity index (χ3n) is 4.68. The van der Waals surface area contributed by atoms with Gasteiger partial charge in [0.15, 0.2) is 0 Å². The van der Waals surface area contributed by atoms with Crippen molar-refractivity contribution in [3.8, 4) is 5.75 Å². The highest BCUT2D eigenvalue weighted by Gasteiger charge is 2.32. The van der Waals surface area contributed by atoms with Crippen LogP contribution < -0.4 is 10.5 Å². The van der Waals surface area contributed by atoms with Gasteiger partial charge in [-0.25, -0.2) is 4.39 Å². The highest BCUT2D eigenvalue weighted by atomic mass is 35.5. The van der Waals surface area contributed by atoms with Crippen molar-refractivity contribution >= 4 is 17.5 Å². The molecule has 0 atom stereocenters. The Bertz CT molecular complexity index is 561. The summed E-state index contributed by atoms with van der Waals surface area (Å²) in [6.07, 6.45) is 4.28. The van der Waals surface area contributed by atoms with Gasteiger partial charge >= 0.3 is 0 Å². The van der Waals surface area contributed by atoms with Crippen LogP contribution >= 0.6 is 11.6 Å². The van der Waals surface area contributed by atoms with Gasteiger partial charge in [0.05, 0.1) is 11.1 Å². The molecule has 0 spiro atoms. The number of primary amides is 1. The number of hydrogen-bond donors (Lipinski definition) is 1. The zero-order valence-electron chi connectivity index (χ0n) is 13.1. The molecule has 6 heteroatoms. The number of likely N-dealkylation sites (tertiary alicyclic amines) is 1. The molecular formula is C17H22ClFN2O2. The lowest BCUT2D eigenvalue weighted by Gasteiger charge is -2.34. The minimum atomic E-state index is -0.313. The summed E-state index contributed by atoms with van der Waals surface area (Å²) < 4.78 is 20.1. The van der Waals surface area contributed by atoms with E-state index in [1.165, 1.54) is 6.07 Å². The molecule has 3 rings (SSSR count). The molecule has 1 aliphatic heterocycles. The quantitative estimate of drug-likeness (QED) is 0.865. The van der Waals surface area contributed by atoms with E-state index in [0.29, 0.717) is 29.3 Å². The van der Waals surface area contributed by atoms with Gasteiger partial charge in [-0.05, 0) is 50.8 Å². The lowest BCUT2D eigenvalue weighted by molar-refractivity contribution is -0.120. The number of amides is 1. The Kier molecular flexibility index (Phi) is 5.07. The maximum absolute atomic E-state index is 14.3. The molecule has 2 N–H and O–H groups in total. The number of hydrogen-bond acceptors (Lipinski definition) is 3. The molecule has 4 nitrogen and oxygen atoms in total. The molecule has 126 valence electrons. The maximum Gasteiger partial charge on any atom is 0.217 e. The molecule has 23 heavy (non-hydrogen) atoms. The van der Waals surface area contributed by atoms with Gasteiger partial charge in [0.25, 0.3) is 0 Å². The van der Waals surface area contributed by atoms with E-state index < -0.39 is 0 Å². The number of ether oxygens (including phenoxy) is 1. The summed E-state index contributed by atoms with van der Waals surface area (Å²) in [6.45, 7) is 2.55. The van der Waals surface area contributed by atoms with Gasteiger partial charge < -0.3 is 10.5 Å². The van der Waals surface area contributed by atoms with Crippen LogP contribution in [0, 0.1) is 11.7 Å². The number of halogens is 2. The van der Waals surface area contributed by atoms with Crippen LogP contribution in [0.4, 0.5) is 4.39 Å². The van der Waals surface area contributed by atoms with E-state index in [1.807, 2.05) is 0 Å². The van der Waals surface area contributed by atoms with E-state index in [2.05, 4.69) is 4.90 Å². The van der Waals surface area contributed by atoms with Crippen LogP contribution in [-0.4, -0.2) is 30.0 Å². The summed E-state index contributed by atoms with van der Waals surface area (Å²) in [5, 5.41) is 0.417. The lowest BCUT2D eigenvalue weighted by atomic mass is 9.80. The van der Waals surface area contributed by atoms with Gasteiger partial charge in [-0.15, -0.1) is 0 Å². The lowest BCUT2D eigenvalue weighted by Crippen LogP contribution is -2.36. The van der Waals surface area contributed by atoms with Crippen LogP contribution in [0.25, 0.3) is 0 Å². The highest BCUT2D eigenvalue weighted by molar-refractivity contribution is 6.31. The largest absolute Gasteiger partial charge is 0.490 e. The normalized spacial score (nSPS) is 24.4. The van der Waals surface area contributed by atoms with E-state index in [-0.39, 0.29) is 23.7 Å². The molecule has 0 unspecified atom stereocenters. The summed E-state index contributed by atoms with van der Waals surface area (Å²) in [4.78, 5) is 13.1. The van der Waals surface area contributed by atoms with Crippen LogP contribution in [0.3, 0.4) is 0 Å². The fraction of sp³-hybridized carbons (Fsp3) is 0.588. The molecule has 2 fully saturated rings. The number of nitrogens with zero attached hydrogens (tertiary/aromatic N) is 1. The van der Waals surface area contributed by atoms with Crippen molar-refractivity contribution < 1.29 is 13.9 Å². The minimum absolute atomic E-state index is 0.0132. The van der Waals surface area contributed by atoms with Gasteiger partial charge in [0.2, 0.25) is 5.91 Å². The molecule has 1 saturated carbocycles. The van der Waals surface area contributed by atoms with Crippen molar-refractivity contribution in [1.82, 2.24) is 4.90 Å². The van der Waals surface area contributed by atoms with E-state index in [9.17, 15) is 9.18 Å². The summed E-state index contributed by atoms with van der Waals surface area (Å²) >= 11 is 6.25. The van der Waals surface area contributed by atoms with Crippen molar-refractivity contribution in [3.05, 3.63) is 28.5 Å². The Morgan fingerprint density at radius 2 is 2.04 bits per heavy atom. The molecule has 1 saturated heterocycles. The summed E-state index contributed by atoms with van der Waals surface area (Å²) in [7, 11) is 0. The minimum Gasteiger partial charge on any atom is -0.490 e. The topological polar surface area (TPSA) is 55.6 Å². The van der Waals surface area contributed by atoms with Crippen LogP contribution in [-0.2, 0) is 11.3 Å². The first-order valence-electron chi connectivity index (χ1n) is 8.16. The number of rotatable bonds is 6. The van der Waals surface area contributed by atoms with Crippen LogP contribution in [0.1, 0.15) is 37.7 Å². The molecule has 1 aromatic rings. The van der Waals surface area contributed by atoms with Crippen molar-refractivity contribution in [3.63, 3.8) is 0 Å². The monoisotopic (exact) mass is 340 g/mol. The van der Waals surface area contributed by atoms with Crippen molar-refractivity contribution in [2.75, 3.05) is 13.1 Å². The summed E-state index contributed by atoms with van der Waals surface area (Å²) in [5.41, 5.74) is 5.72.